The van der Waals surface area contributed by atoms with Crippen molar-refractivity contribution in [1.82, 2.24) is 5.32 Å². The smallest absolute Gasteiger partial charge is 0.228 e. The molecule has 1 aliphatic rings. The van der Waals surface area contributed by atoms with Crippen LogP contribution < -0.4 is 10.6 Å². The molecule has 0 aliphatic carbocycles. The SMILES string of the molecule is N#CCCC(=O)NCCc1ccc2c(c1)CC(=O)N2. The van der Waals surface area contributed by atoms with Gasteiger partial charge in [-0.3, -0.25) is 9.59 Å². The monoisotopic (exact) mass is 257 g/mol. The molecule has 0 bridgehead atoms. The van der Waals surface area contributed by atoms with Gasteiger partial charge < -0.3 is 10.6 Å². The van der Waals surface area contributed by atoms with Crippen LogP contribution in [0.3, 0.4) is 0 Å². The summed E-state index contributed by atoms with van der Waals surface area (Å²) >= 11 is 0. The fraction of sp³-hybridized carbons (Fsp3) is 0.357. The number of amides is 2. The highest BCUT2D eigenvalue weighted by atomic mass is 16.2. The second-order valence-electron chi connectivity index (χ2n) is 4.47. The zero-order chi connectivity index (χ0) is 13.7. The lowest BCUT2D eigenvalue weighted by Gasteiger charge is -2.06. The van der Waals surface area contributed by atoms with E-state index in [4.69, 9.17) is 5.26 Å². The molecule has 0 fully saturated rings. The molecule has 0 aromatic heterocycles. The molecule has 98 valence electrons. The molecule has 5 heteroatoms. The summed E-state index contributed by atoms with van der Waals surface area (Å²) in [5.41, 5.74) is 2.99. The molecule has 1 aromatic carbocycles. The molecule has 0 unspecified atom stereocenters. The minimum atomic E-state index is -0.0976. The van der Waals surface area contributed by atoms with Gasteiger partial charge in [0.2, 0.25) is 11.8 Å². The molecule has 1 aromatic rings. The Kier molecular flexibility index (Phi) is 4.14. The van der Waals surface area contributed by atoms with Crippen LogP contribution in [0.2, 0.25) is 0 Å². The van der Waals surface area contributed by atoms with Crippen molar-refractivity contribution in [2.75, 3.05) is 11.9 Å². The van der Waals surface area contributed by atoms with E-state index in [2.05, 4.69) is 10.6 Å². The summed E-state index contributed by atoms with van der Waals surface area (Å²) in [7, 11) is 0. The van der Waals surface area contributed by atoms with E-state index in [1.54, 1.807) is 0 Å². The van der Waals surface area contributed by atoms with Crippen LogP contribution in [0.1, 0.15) is 24.0 Å². The molecule has 0 spiro atoms. The molecule has 5 nitrogen and oxygen atoms in total. The lowest BCUT2D eigenvalue weighted by atomic mass is 10.1. The molecular weight excluding hydrogens is 242 g/mol. The second kappa shape index (κ2) is 6.01. The van der Waals surface area contributed by atoms with Crippen LogP contribution in [0.15, 0.2) is 18.2 Å². The maximum absolute atomic E-state index is 11.3. The second-order valence-corrected chi connectivity index (χ2v) is 4.47. The van der Waals surface area contributed by atoms with Crippen molar-refractivity contribution in [3.8, 4) is 6.07 Å². The van der Waals surface area contributed by atoms with Gasteiger partial charge in [-0.05, 0) is 23.6 Å². The largest absolute Gasteiger partial charge is 0.356 e. The summed E-state index contributed by atoms with van der Waals surface area (Å²) in [6, 6.07) is 7.78. The van der Waals surface area contributed by atoms with E-state index in [-0.39, 0.29) is 24.7 Å². The minimum absolute atomic E-state index is 0.0250. The summed E-state index contributed by atoms with van der Waals surface area (Å²) in [4.78, 5) is 22.5. The molecule has 2 amide bonds. The van der Waals surface area contributed by atoms with Crippen LogP contribution in [0.4, 0.5) is 5.69 Å². The van der Waals surface area contributed by atoms with E-state index in [1.807, 2.05) is 24.3 Å². The van der Waals surface area contributed by atoms with E-state index in [9.17, 15) is 9.59 Å². The highest BCUT2D eigenvalue weighted by molar-refractivity contribution is 5.99. The third-order valence-corrected chi connectivity index (χ3v) is 2.99. The first-order valence-electron chi connectivity index (χ1n) is 6.24. The number of nitrogens with zero attached hydrogens (tertiary/aromatic N) is 1. The highest BCUT2D eigenvalue weighted by Gasteiger charge is 2.17. The number of anilines is 1. The summed E-state index contributed by atoms with van der Waals surface area (Å²) in [5, 5.41) is 13.9. The first-order valence-corrected chi connectivity index (χ1v) is 6.24. The molecule has 2 N–H and O–H groups in total. The number of carbonyl (C=O) groups is 2. The van der Waals surface area contributed by atoms with Crippen molar-refractivity contribution < 1.29 is 9.59 Å². The number of nitrogens with one attached hydrogen (secondary N) is 2. The van der Waals surface area contributed by atoms with E-state index in [1.165, 1.54) is 0 Å². The van der Waals surface area contributed by atoms with Gasteiger partial charge in [-0.1, -0.05) is 12.1 Å². The van der Waals surface area contributed by atoms with Crippen LogP contribution in [0.5, 0.6) is 0 Å². The average molecular weight is 257 g/mol. The number of nitriles is 1. The summed E-state index contributed by atoms with van der Waals surface area (Å²) in [5.74, 6) is -0.0727. The minimum Gasteiger partial charge on any atom is -0.356 e. The molecule has 19 heavy (non-hydrogen) atoms. The van der Waals surface area contributed by atoms with Crippen LogP contribution in [0, 0.1) is 11.3 Å². The van der Waals surface area contributed by atoms with Gasteiger partial charge in [-0.15, -0.1) is 0 Å². The Morgan fingerprint density at radius 1 is 1.47 bits per heavy atom. The predicted molar refractivity (Wildman–Crippen MR) is 70.3 cm³/mol. The lowest BCUT2D eigenvalue weighted by Crippen LogP contribution is -2.25. The van der Waals surface area contributed by atoms with E-state index < -0.39 is 0 Å². The number of fused-ring (bicyclic) bond motifs is 1. The van der Waals surface area contributed by atoms with Crippen LogP contribution in [-0.4, -0.2) is 18.4 Å². The third kappa shape index (κ3) is 3.55. The zero-order valence-electron chi connectivity index (χ0n) is 10.5. The topological polar surface area (TPSA) is 82.0 Å². The molecule has 0 saturated carbocycles. The van der Waals surface area contributed by atoms with Crippen molar-refractivity contribution in [3.05, 3.63) is 29.3 Å². The predicted octanol–water partition coefficient (Wildman–Crippen LogP) is 1.14. The van der Waals surface area contributed by atoms with Gasteiger partial charge in [-0.25, -0.2) is 0 Å². The fourth-order valence-electron chi connectivity index (χ4n) is 2.04. The quantitative estimate of drug-likeness (QED) is 0.830. The first-order chi connectivity index (χ1) is 9.19. The maximum Gasteiger partial charge on any atom is 0.228 e. The summed E-state index contributed by atoms with van der Waals surface area (Å²) in [6.07, 6.45) is 1.65. The molecule has 1 heterocycles. The zero-order valence-corrected chi connectivity index (χ0v) is 10.5. The van der Waals surface area contributed by atoms with Crippen molar-refractivity contribution in [1.29, 1.82) is 5.26 Å². The average Bonchev–Trinajstić information content (AvgIpc) is 2.75. The molecule has 0 radical (unpaired) electrons. The Balaban J connectivity index is 1.81. The molecular formula is C14H15N3O2. The molecule has 0 saturated heterocycles. The van der Waals surface area contributed by atoms with Gasteiger partial charge in [0.05, 0.1) is 12.5 Å². The van der Waals surface area contributed by atoms with E-state index in [0.717, 1.165) is 23.2 Å². The summed E-state index contributed by atoms with van der Waals surface area (Å²) in [6.45, 7) is 0.546. The maximum atomic E-state index is 11.3. The molecule has 1 aliphatic heterocycles. The fourth-order valence-corrected chi connectivity index (χ4v) is 2.04. The lowest BCUT2D eigenvalue weighted by molar-refractivity contribution is -0.121. The van der Waals surface area contributed by atoms with Gasteiger partial charge >= 0.3 is 0 Å². The third-order valence-electron chi connectivity index (χ3n) is 2.99. The Hall–Kier alpha value is -2.35. The number of hydrogen-bond donors (Lipinski definition) is 2. The number of benzene rings is 1. The number of hydrogen-bond acceptors (Lipinski definition) is 3. The normalized spacial score (nSPS) is 12.5. The van der Waals surface area contributed by atoms with Crippen LogP contribution in [0.25, 0.3) is 0 Å². The van der Waals surface area contributed by atoms with E-state index >= 15 is 0 Å². The Bertz CT molecular complexity index is 546. The standard InChI is InChI=1S/C14H15N3O2/c15-6-1-2-13(18)16-7-5-10-3-4-12-11(8-10)9-14(19)17-12/h3-4,8H,1-2,5,7,9H2,(H,16,18)(H,17,19). The van der Waals surface area contributed by atoms with Crippen molar-refractivity contribution in [3.63, 3.8) is 0 Å². The molecule has 2 rings (SSSR count). The van der Waals surface area contributed by atoms with Crippen molar-refractivity contribution in [2.45, 2.75) is 25.7 Å². The number of carbonyl (C=O) groups excluding carboxylic acids is 2. The first kappa shape index (κ1) is 13.1. The Labute approximate surface area is 111 Å². The van der Waals surface area contributed by atoms with Crippen molar-refractivity contribution in [2.24, 2.45) is 0 Å². The number of rotatable bonds is 5. The van der Waals surface area contributed by atoms with Gasteiger partial charge in [-0.2, -0.15) is 5.26 Å². The van der Waals surface area contributed by atoms with Gasteiger partial charge in [0.1, 0.15) is 0 Å². The van der Waals surface area contributed by atoms with Crippen LogP contribution >= 0.6 is 0 Å². The molecule has 0 atom stereocenters. The Morgan fingerprint density at radius 2 is 2.32 bits per heavy atom. The van der Waals surface area contributed by atoms with Gasteiger partial charge in [0, 0.05) is 25.1 Å². The highest BCUT2D eigenvalue weighted by Crippen LogP contribution is 2.23. The van der Waals surface area contributed by atoms with Crippen LogP contribution in [-0.2, 0) is 22.4 Å². The van der Waals surface area contributed by atoms with Gasteiger partial charge in [0.15, 0.2) is 0 Å². The Morgan fingerprint density at radius 3 is 3.11 bits per heavy atom. The van der Waals surface area contributed by atoms with Gasteiger partial charge in [0.25, 0.3) is 0 Å². The summed E-state index contributed by atoms with van der Waals surface area (Å²) < 4.78 is 0. The van der Waals surface area contributed by atoms with Crippen molar-refractivity contribution >= 4 is 17.5 Å². The van der Waals surface area contributed by atoms with E-state index in [0.29, 0.717) is 13.0 Å².